The third kappa shape index (κ3) is 5.99. The highest BCUT2D eigenvalue weighted by Crippen LogP contribution is 2.35. The minimum Gasteiger partial charge on any atom is -0.377 e. The fourth-order valence-corrected chi connectivity index (χ4v) is 5.25. The Labute approximate surface area is 217 Å². The zero-order chi connectivity index (χ0) is 25.7. The minimum atomic E-state index is -4.31. The molecule has 4 rings (SSSR count). The highest BCUT2D eigenvalue weighted by Gasteiger charge is 2.22. The van der Waals surface area contributed by atoms with Gasteiger partial charge < -0.3 is 15.0 Å². The number of hydrogen-bond acceptors (Lipinski definition) is 4. The second-order valence-electron chi connectivity index (χ2n) is 7.88. The fourth-order valence-electron chi connectivity index (χ4n) is 3.56. The maximum Gasteiger partial charge on any atom is 0.264 e. The second-order valence-corrected chi connectivity index (χ2v) is 10.3. The fraction of sp³-hybridized carbons (Fsp3) is 0.160. The van der Waals surface area contributed by atoms with Gasteiger partial charge in [0.05, 0.1) is 27.9 Å². The second kappa shape index (κ2) is 11.3. The van der Waals surface area contributed by atoms with Crippen LogP contribution in [0.25, 0.3) is 10.9 Å². The summed E-state index contributed by atoms with van der Waals surface area (Å²) >= 11 is 12.2. The van der Waals surface area contributed by atoms with E-state index >= 15 is 0 Å². The summed E-state index contributed by atoms with van der Waals surface area (Å²) in [4.78, 5) is 14.6. The van der Waals surface area contributed by atoms with E-state index < -0.39 is 26.6 Å². The molecule has 11 heteroatoms. The molecule has 3 N–H and O–H groups in total. The molecule has 7 nitrogen and oxygen atoms in total. The van der Waals surface area contributed by atoms with Crippen LogP contribution in [-0.2, 0) is 21.4 Å². The monoisotopic (exact) mass is 549 g/mol. The van der Waals surface area contributed by atoms with Gasteiger partial charge >= 0.3 is 0 Å². The predicted octanol–water partition coefficient (Wildman–Crippen LogP) is 5.75. The van der Waals surface area contributed by atoms with E-state index in [0.717, 1.165) is 17.7 Å². The van der Waals surface area contributed by atoms with Crippen molar-refractivity contribution in [2.75, 3.05) is 17.9 Å². The number of halogens is 3. The van der Waals surface area contributed by atoms with Crippen LogP contribution in [0.5, 0.6) is 0 Å². The number of rotatable bonds is 10. The Hall–Kier alpha value is -3.11. The molecule has 0 bridgehead atoms. The molecule has 1 aromatic heterocycles. The van der Waals surface area contributed by atoms with Crippen LogP contribution >= 0.6 is 23.2 Å². The molecular weight excluding hydrogens is 528 g/mol. The van der Waals surface area contributed by atoms with Crippen LogP contribution in [0.2, 0.25) is 10.0 Å². The Morgan fingerprint density at radius 3 is 2.56 bits per heavy atom. The topological polar surface area (TPSA) is 100 Å². The van der Waals surface area contributed by atoms with Crippen LogP contribution in [0.3, 0.4) is 0 Å². The summed E-state index contributed by atoms with van der Waals surface area (Å²) in [5, 5.41) is 3.77. The lowest BCUT2D eigenvalue weighted by atomic mass is 10.2. The maximum atomic E-state index is 14.8. The molecule has 0 saturated carbocycles. The molecule has 0 aliphatic rings. The largest absolute Gasteiger partial charge is 0.377 e. The average Bonchev–Trinajstić information content (AvgIpc) is 3.26. The molecule has 4 aromatic rings. The van der Waals surface area contributed by atoms with Crippen LogP contribution < -0.4 is 10.0 Å². The first-order valence-corrected chi connectivity index (χ1v) is 13.2. The number of nitrogens with one attached hydrogen (secondary N) is 3. The van der Waals surface area contributed by atoms with Gasteiger partial charge in [0.25, 0.3) is 15.9 Å². The van der Waals surface area contributed by atoms with Crippen molar-refractivity contribution in [2.24, 2.45) is 0 Å². The van der Waals surface area contributed by atoms with Gasteiger partial charge in [-0.3, -0.25) is 9.52 Å². The highest BCUT2D eigenvalue weighted by atomic mass is 35.5. The molecule has 0 aliphatic heterocycles. The minimum absolute atomic E-state index is 0.00156. The van der Waals surface area contributed by atoms with Gasteiger partial charge in [0, 0.05) is 30.3 Å². The van der Waals surface area contributed by atoms with Crippen molar-refractivity contribution in [1.29, 1.82) is 0 Å². The smallest absolute Gasteiger partial charge is 0.264 e. The number of carbonyl (C=O) groups is 1. The van der Waals surface area contributed by atoms with Crippen LogP contribution in [-0.4, -0.2) is 32.5 Å². The van der Waals surface area contributed by atoms with Gasteiger partial charge in [-0.15, -0.1) is 0 Å². The summed E-state index contributed by atoms with van der Waals surface area (Å²) in [6, 6.07) is 15.8. The van der Waals surface area contributed by atoms with Crippen LogP contribution in [0, 0.1) is 5.82 Å². The Balaban J connectivity index is 1.35. The number of H-pyrrole nitrogens is 1. The van der Waals surface area contributed by atoms with E-state index in [4.69, 9.17) is 27.9 Å². The number of aromatic nitrogens is 1. The normalized spacial score (nSPS) is 11.5. The third-order valence-corrected chi connectivity index (χ3v) is 7.34. The summed E-state index contributed by atoms with van der Waals surface area (Å²) in [6.45, 7) is 1.24. The molecule has 0 aliphatic carbocycles. The highest BCUT2D eigenvalue weighted by molar-refractivity contribution is 7.92. The molecule has 0 atom stereocenters. The number of fused-ring (bicyclic) bond motifs is 1. The Morgan fingerprint density at radius 2 is 1.81 bits per heavy atom. The average molecular weight is 550 g/mol. The van der Waals surface area contributed by atoms with Crippen LogP contribution in [0.1, 0.15) is 22.3 Å². The number of benzene rings is 3. The van der Waals surface area contributed by atoms with Gasteiger partial charge in [-0.2, -0.15) is 0 Å². The molecule has 0 radical (unpaired) electrons. The van der Waals surface area contributed by atoms with E-state index in [1.807, 2.05) is 30.3 Å². The van der Waals surface area contributed by atoms with Gasteiger partial charge in [-0.25, -0.2) is 12.8 Å². The first kappa shape index (κ1) is 26.0. The summed E-state index contributed by atoms with van der Waals surface area (Å²) < 4.78 is 48.4. The lowest BCUT2D eigenvalue weighted by Crippen LogP contribution is -2.25. The molecule has 3 aromatic carbocycles. The van der Waals surface area contributed by atoms with Gasteiger partial charge in [-0.05, 0) is 42.3 Å². The van der Waals surface area contributed by atoms with E-state index in [9.17, 15) is 17.6 Å². The lowest BCUT2D eigenvalue weighted by molar-refractivity contribution is 0.0934. The number of hydrogen-bond donors (Lipinski definition) is 3. The molecule has 0 saturated heterocycles. The Kier molecular flexibility index (Phi) is 8.15. The number of sulfonamides is 1. The quantitative estimate of drug-likeness (QED) is 0.219. The van der Waals surface area contributed by atoms with Crippen LogP contribution in [0.4, 0.5) is 10.1 Å². The number of ether oxygens (including phenoxy) is 1. The standard InChI is InChI=1S/C25H22Cl2FN3O4S/c26-18-8-9-21(24-23(18)19(27)14-30-24)31-36(33,34)22-10-7-17(13-20(22)28)25(32)29-11-4-12-35-15-16-5-2-1-3-6-16/h1-3,5-10,13-14,30-31H,4,11-12,15H2,(H,29,32). The zero-order valence-electron chi connectivity index (χ0n) is 18.9. The number of anilines is 1. The Bertz CT molecular complexity index is 1490. The number of amides is 1. The molecule has 36 heavy (non-hydrogen) atoms. The van der Waals surface area contributed by atoms with Gasteiger partial charge in [0.1, 0.15) is 10.7 Å². The van der Waals surface area contributed by atoms with Crippen molar-refractivity contribution < 1.29 is 22.3 Å². The first-order valence-electron chi connectivity index (χ1n) is 10.9. The number of carbonyl (C=O) groups excluding carboxylic acids is 1. The molecule has 1 amide bonds. The van der Waals surface area contributed by atoms with E-state index in [-0.39, 0.29) is 11.3 Å². The van der Waals surface area contributed by atoms with Gasteiger partial charge in [0.2, 0.25) is 0 Å². The van der Waals surface area contributed by atoms with E-state index in [0.29, 0.717) is 47.1 Å². The Morgan fingerprint density at radius 1 is 1.03 bits per heavy atom. The van der Waals surface area contributed by atoms with Crippen molar-refractivity contribution in [3.05, 3.63) is 93.8 Å². The van der Waals surface area contributed by atoms with E-state index in [1.54, 1.807) is 0 Å². The molecule has 0 unspecified atom stereocenters. The van der Waals surface area contributed by atoms with Crippen molar-refractivity contribution in [3.63, 3.8) is 0 Å². The van der Waals surface area contributed by atoms with Crippen LogP contribution in [0.15, 0.2) is 71.8 Å². The van der Waals surface area contributed by atoms with Gasteiger partial charge in [0.15, 0.2) is 0 Å². The lowest BCUT2D eigenvalue weighted by Gasteiger charge is -2.12. The zero-order valence-corrected chi connectivity index (χ0v) is 21.2. The molecule has 1 heterocycles. The van der Waals surface area contributed by atoms with Crippen molar-refractivity contribution in [3.8, 4) is 0 Å². The van der Waals surface area contributed by atoms with Crippen molar-refractivity contribution in [1.82, 2.24) is 10.3 Å². The van der Waals surface area contributed by atoms with E-state index in [2.05, 4.69) is 15.0 Å². The third-order valence-electron chi connectivity index (χ3n) is 5.33. The van der Waals surface area contributed by atoms with E-state index in [1.165, 1.54) is 24.4 Å². The molecular formula is C25H22Cl2FN3O4S. The SMILES string of the molecule is O=C(NCCCOCc1ccccc1)c1ccc(S(=O)(=O)Nc2ccc(Cl)c3c(Cl)c[nH]c23)c(F)c1. The first-order chi connectivity index (χ1) is 17.3. The molecule has 0 spiro atoms. The maximum absolute atomic E-state index is 14.8. The summed E-state index contributed by atoms with van der Waals surface area (Å²) in [6.07, 6.45) is 2.04. The summed E-state index contributed by atoms with van der Waals surface area (Å²) in [5.41, 5.74) is 1.57. The summed E-state index contributed by atoms with van der Waals surface area (Å²) in [7, 11) is -4.31. The summed E-state index contributed by atoms with van der Waals surface area (Å²) in [5.74, 6) is -1.58. The van der Waals surface area contributed by atoms with Gasteiger partial charge in [-0.1, -0.05) is 53.5 Å². The predicted molar refractivity (Wildman–Crippen MR) is 139 cm³/mol. The molecule has 0 fully saturated rings. The van der Waals surface area contributed by atoms with Crippen molar-refractivity contribution in [2.45, 2.75) is 17.9 Å². The molecule has 188 valence electrons. The van der Waals surface area contributed by atoms with Crippen molar-refractivity contribution >= 4 is 55.7 Å². The number of aromatic amines is 1.